The van der Waals surface area contributed by atoms with Crippen LogP contribution in [0.25, 0.3) is 10.9 Å². The maximum atomic E-state index is 6.24. The van der Waals surface area contributed by atoms with Crippen molar-refractivity contribution in [1.82, 2.24) is 9.88 Å². The van der Waals surface area contributed by atoms with E-state index in [2.05, 4.69) is 48.9 Å². The van der Waals surface area contributed by atoms with Crippen LogP contribution in [0, 0.1) is 5.41 Å². The molecule has 0 atom stereocenters. The fraction of sp³-hybridized carbons (Fsp3) is 0.500. The molecule has 2 rings (SSSR count). The topological polar surface area (TPSA) is 17.0 Å². The van der Waals surface area contributed by atoms with Gasteiger partial charge in [0.1, 0.15) is 0 Å². The number of rotatable bonds is 5. The van der Waals surface area contributed by atoms with Gasteiger partial charge in [0.2, 0.25) is 0 Å². The second-order valence-electron chi connectivity index (χ2n) is 6.25. The van der Waals surface area contributed by atoms with Crippen molar-refractivity contribution in [2.75, 3.05) is 13.1 Å². The van der Waals surface area contributed by atoms with Crippen LogP contribution in [0.1, 0.15) is 27.2 Å². The lowest BCUT2D eigenvalue weighted by atomic mass is 9.92. The minimum atomic E-state index is 0.399. The first-order chi connectivity index (χ1) is 8.97. The van der Waals surface area contributed by atoms with Gasteiger partial charge in [0.25, 0.3) is 0 Å². The quantitative estimate of drug-likeness (QED) is 0.806. The van der Waals surface area contributed by atoms with E-state index in [9.17, 15) is 0 Å². The van der Waals surface area contributed by atoms with Gasteiger partial charge in [-0.3, -0.25) is 0 Å². The fourth-order valence-corrected chi connectivity index (χ4v) is 2.45. The number of para-hydroxylation sites is 1. The Balaban J connectivity index is 1.89. The Kier molecular flexibility index (Phi) is 4.54. The van der Waals surface area contributed by atoms with Gasteiger partial charge < -0.3 is 9.88 Å². The zero-order valence-corrected chi connectivity index (χ0v) is 12.8. The van der Waals surface area contributed by atoms with Crippen molar-refractivity contribution in [2.45, 2.75) is 33.7 Å². The third-order valence-electron chi connectivity index (χ3n) is 3.32. The molecule has 0 saturated heterocycles. The Hall–Kier alpha value is -0.990. The van der Waals surface area contributed by atoms with Gasteiger partial charge in [-0.05, 0) is 24.4 Å². The van der Waals surface area contributed by atoms with Gasteiger partial charge in [0.15, 0.2) is 0 Å². The molecule has 2 nitrogen and oxygen atoms in total. The number of hydrogen-bond donors (Lipinski definition) is 1. The van der Waals surface area contributed by atoms with E-state index in [1.807, 2.05) is 12.3 Å². The van der Waals surface area contributed by atoms with Crippen LogP contribution in [0.4, 0.5) is 0 Å². The fourth-order valence-electron chi connectivity index (χ4n) is 2.17. The molecule has 0 spiro atoms. The molecule has 0 radical (unpaired) electrons. The molecule has 1 aromatic carbocycles. The van der Waals surface area contributed by atoms with Gasteiger partial charge in [-0.2, -0.15) is 0 Å². The minimum Gasteiger partial charge on any atom is -0.345 e. The van der Waals surface area contributed by atoms with Crippen molar-refractivity contribution >= 4 is 22.5 Å². The molecule has 104 valence electrons. The summed E-state index contributed by atoms with van der Waals surface area (Å²) >= 11 is 6.24. The number of benzene rings is 1. The van der Waals surface area contributed by atoms with E-state index in [4.69, 9.17) is 11.6 Å². The van der Waals surface area contributed by atoms with Gasteiger partial charge in [-0.25, -0.2) is 0 Å². The van der Waals surface area contributed by atoms with Crippen LogP contribution in [0.15, 0.2) is 30.5 Å². The molecule has 0 bridgehead atoms. The Morgan fingerprint density at radius 3 is 2.63 bits per heavy atom. The van der Waals surface area contributed by atoms with Crippen molar-refractivity contribution in [1.29, 1.82) is 0 Å². The first-order valence-corrected chi connectivity index (χ1v) is 7.29. The molecule has 0 aliphatic heterocycles. The first-order valence-electron chi connectivity index (χ1n) is 6.91. The Morgan fingerprint density at radius 1 is 1.16 bits per heavy atom. The highest BCUT2D eigenvalue weighted by atomic mass is 35.5. The van der Waals surface area contributed by atoms with E-state index in [1.165, 1.54) is 11.9 Å². The standard InChI is InChI=1S/C16H23ClN2/c1-16(2,3)8-9-18-10-11-19-12-14(17)13-6-4-5-7-15(13)19/h4-7,12,18H,8-11H2,1-3H3. The highest BCUT2D eigenvalue weighted by Crippen LogP contribution is 2.25. The van der Waals surface area contributed by atoms with Crippen LogP contribution in [-0.4, -0.2) is 17.7 Å². The molecule has 0 aliphatic carbocycles. The predicted octanol–water partition coefficient (Wildman–Crippen LogP) is 4.32. The second kappa shape index (κ2) is 5.98. The van der Waals surface area contributed by atoms with Crippen molar-refractivity contribution in [3.63, 3.8) is 0 Å². The molecule has 1 aromatic heterocycles. The molecular weight excluding hydrogens is 256 g/mol. The summed E-state index contributed by atoms with van der Waals surface area (Å²) in [5.41, 5.74) is 1.61. The van der Waals surface area contributed by atoms with E-state index in [1.54, 1.807) is 0 Å². The van der Waals surface area contributed by atoms with Gasteiger partial charge in [-0.15, -0.1) is 0 Å². The van der Waals surface area contributed by atoms with E-state index >= 15 is 0 Å². The van der Waals surface area contributed by atoms with E-state index < -0.39 is 0 Å². The van der Waals surface area contributed by atoms with Gasteiger partial charge in [0.05, 0.1) is 5.02 Å². The normalized spacial score (nSPS) is 12.2. The highest BCUT2D eigenvalue weighted by Gasteiger charge is 2.09. The van der Waals surface area contributed by atoms with Gasteiger partial charge in [0, 0.05) is 30.2 Å². The Labute approximate surface area is 120 Å². The zero-order chi connectivity index (χ0) is 13.9. The largest absolute Gasteiger partial charge is 0.345 e. The number of nitrogens with one attached hydrogen (secondary N) is 1. The third kappa shape index (κ3) is 3.99. The Bertz CT molecular complexity index is 537. The third-order valence-corrected chi connectivity index (χ3v) is 3.62. The summed E-state index contributed by atoms with van der Waals surface area (Å²) in [5, 5.41) is 5.48. The number of fused-ring (bicyclic) bond motifs is 1. The van der Waals surface area contributed by atoms with Crippen LogP contribution < -0.4 is 5.32 Å². The van der Waals surface area contributed by atoms with E-state index in [0.717, 1.165) is 30.0 Å². The van der Waals surface area contributed by atoms with E-state index in [-0.39, 0.29) is 0 Å². The van der Waals surface area contributed by atoms with Crippen molar-refractivity contribution in [3.8, 4) is 0 Å². The van der Waals surface area contributed by atoms with E-state index in [0.29, 0.717) is 5.41 Å². The van der Waals surface area contributed by atoms with Crippen LogP contribution in [0.5, 0.6) is 0 Å². The molecule has 0 aliphatic rings. The van der Waals surface area contributed by atoms with Crippen LogP contribution >= 0.6 is 11.6 Å². The molecule has 0 unspecified atom stereocenters. The summed E-state index contributed by atoms with van der Waals surface area (Å²) in [7, 11) is 0. The summed E-state index contributed by atoms with van der Waals surface area (Å²) in [5.74, 6) is 0. The number of aromatic nitrogens is 1. The van der Waals surface area contributed by atoms with Gasteiger partial charge >= 0.3 is 0 Å². The molecule has 2 aromatic rings. The van der Waals surface area contributed by atoms with Gasteiger partial charge in [-0.1, -0.05) is 50.6 Å². The lowest BCUT2D eigenvalue weighted by Crippen LogP contribution is -2.24. The molecule has 0 saturated carbocycles. The van der Waals surface area contributed by atoms with Crippen molar-refractivity contribution < 1.29 is 0 Å². The summed E-state index contributed by atoms with van der Waals surface area (Å²) < 4.78 is 2.22. The summed E-state index contributed by atoms with van der Waals surface area (Å²) in [6, 6.07) is 8.28. The average molecular weight is 279 g/mol. The van der Waals surface area contributed by atoms with Crippen molar-refractivity contribution in [2.24, 2.45) is 5.41 Å². The molecule has 0 fully saturated rings. The van der Waals surface area contributed by atoms with Crippen LogP contribution in [0.3, 0.4) is 0 Å². The molecule has 19 heavy (non-hydrogen) atoms. The molecule has 0 amide bonds. The second-order valence-corrected chi connectivity index (χ2v) is 6.66. The van der Waals surface area contributed by atoms with Crippen LogP contribution in [-0.2, 0) is 6.54 Å². The number of halogens is 1. The zero-order valence-electron chi connectivity index (χ0n) is 12.0. The highest BCUT2D eigenvalue weighted by molar-refractivity contribution is 6.35. The maximum absolute atomic E-state index is 6.24. The SMILES string of the molecule is CC(C)(C)CCNCCn1cc(Cl)c2ccccc21. The molecule has 1 N–H and O–H groups in total. The average Bonchev–Trinajstić information content (AvgIpc) is 2.65. The lowest BCUT2D eigenvalue weighted by Gasteiger charge is -2.18. The van der Waals surface area contributed by atoms with Crippen molar-refractivity contribution in [3.05, 3.63) is 35.5 Å². The summed E-state index contributed by atoms with van der Waals surface area (Å²) in [4.78, 5) is 0. The maximum Gasteiger partial charge on any atom is 0.0661 e. The monoisotopic (exact) mass is 278 g/mol. The van der Waals surface area contributed by atoms with Crippen LogP contribution in [0.2, 0.25) is 5.02 Å². The number of nitrogens with zero attached hydrogens (tertiary/aromatic N) is 1. The minimum absolute atomic E-state index is 0.399. The smallest absolute Gasteiger partial charge is 0.0661 e. The molecule has 3 heteroatoms. The molecule has 1 heterocycles. The predicted molar refractivity (Wildman–Crippen MR) is 83.9 cm³/mol. The first kappa shape index (κ1) is 14.4. The summed E-state index contributed by atoms with van der Waals surface area (Å²) in [6.45, 7) is 9.81. The Morgan fingerprint density at radius 2 is 1.89 bits per heavy atom. The summed E-state index contributed by atoms with van der Waals surface area (Å²) in [6.07, 6.45) is 3.22. The lowest BCUT2D eigenvalue weighted by molar-refractivity contribution is 0.365. The number of hydrogen-bond acceptors (Lipinski definition) is 1. The molecular formula is C16H23ClN2.